The van der Waals surface area contributed by atoms with Gasteiger partial charge in [-0.1, -0.05) is 84.9 Å². The molecular formula is C32H30N4O. The lowest BCUT2D eigenvalue weighted by Gasteiger charge is -2.53. The number of amidine groups is 1. The smallest absolute Gasteiger partial charge is 0.277 e. The van der Waals surface area contributed by atoms with Crippen LogP contribution < -0.4 is 9.91 Å². The molecule has 0 fully saturated rings. The fourth-order valence-electron chi connectivity index (χ4n) is 5.24. The van der Waals surface area contributed by atoms with Gasteiger partial charge in [0, 0.05) is 17.7 Å². The first-order valence-corrected chi connectivity index (χ1v) is 12.7. The van der Waals surface area contributed by atoms with E-state index in [1.165, 1.54) is 5.56 Å². The van der Waals surface area contributed by atoms with Crippen molar-refractivity contribution in [2.24, 2.45) is 4.99 Å². The van der Waals surface area contributed by atoms with Crippen LogP contribution in [0.5, 0.6) is 0 Å². The van der Waals surface area contributed by atoms with E-state index in [1.807, 2.05) is 64.6 Å². The maximum Gasteiger partial charge on any atom is 0.277 e. The number of amides is 1. The van der Waals surface area contributed by atoms with Gasteiger partial charge in [0.15, 0.2) is 12.0 Å². The molecule has 0 radical (unpaired) electrons. The number of anilines is 2. The van der Waals surface area contributed by atoms with Crippen LogP contribution in [0.1, 0.15) is 54.0 Å². The van der Waals surface area contributed by atoms with E-state index in [1.54, 1.807) is 0 Å². The topological polar surface area (TPSA) is 39.2 Å². The van der Waals surface area contributed by atoms with Gasteiger partial charge in [-0.3, -0.25) is 9.79 Å². The number of benzene rings is 4. The van der Waals surface area contributed by atoms with Crippen molar-refractivity contribution in [3.8, 4) is 0 Å². The first-order valence-electron chi connectivity index (χ1n) is 12.7. The predicted octanol–water partition coefficient (Wildman–Crippen LogP) is 6.83. The van der Waals surface area contributed by atoms with E-state index < -0.39 is 0 Å². The zero-order valence-electron chi connectivity index (χ0n) is 21.4. The van der Waals surface area contributed by atoms with Crippen LogP contribution in [0.2, 0.25) is 0 Å². The van der Waals surface area contributed by atoms with Crippen molar-refractivity contribution in [3.63, 3.8) is 0 Å². The number of hydrogen-bond donors (Lipinski definition) is 0. The average Bonchev–Trinajstić information content (AvgIpc) is 2.91. The average molecular weight is 487 g/mol. The third kappa shape index (κ3) is 4.06. The number of para-hydroxylation sites is 2. The van der Waals surface area contributed by atoms with Crippen molar-refractivity contribution in [3.05, 3.63) is 131 Å². The second-order valence-electron chi connectivity index (χ2n) is 10.5. The molecule has 0 saturated heterocycles. The van der Waals surface area contributed by atoms with E-state index in [0.717, 1.165) is 28.3 Å². The number of fused-ring (bicyclic) bond motifs is 4. The van der Waals surface area contributed by atoms with E-state index in [0.29, 0.717) is 12.1 Å². The highest BCUT2D eigenvalue weighted by atomic mass is 16.2. The highest BCUT2D eigenvalue weighted by Gasteiger charge is 2.48. The minimum absolute atomic E-state index is 0.0372. The van der Waals surface area contributed by atoms with Crippen molar-refractivity contribution in [2.45, 2.75) is 39.0 Å². The number of hydrogen-bond acceptors (Lipinski definition) is 3. The molecule has 184 valence electrons. The van der Waals surface area contributed by atoms with E-state index in [-0.39, 0.29) is 17.6 Å². The molecule has 0 spiro atoms. The van der Waals surface area contributed by atoms with Crippen LogP contribution in [0.25, 0.3) is 0 Å². The molecule has 1 unspecified atom stereocenters. The van der Waals surface area contributed by atoms with Crippen molar-refractivity contribution in [2.75, 3.05) is 9.91 Å². The SMILES string of the molecule is CC(C)(C)N=C1c2ccccc2C2N(Cc3ccccc3)c3ccccc3C(=O)N2N1c1ccccc1. The molecule has 37 heavy (non-hydrogen) atoms. The van der Waals surface area contributed by atoms with Crippen LogP contribution in [-0.4, -0.2) is 22.3 Å². The first-order chi connectivity index (χ1) is 17.9. The molecule has 0 bridgehead atoms. The molecule has 4 aromatic rings. The Morgan fingerprint density at radius 3 is 2.03 bits per heavy atom. The maximum atomic E-state index is 14.4. The van der Waals surface area contributed by atoms with Crippen LogP contribution in [-0.2, 0) is 6.54 Å². The normalized spacial score (nSPS) is 17.9. The van der Waals surface area contributed by atoms with Gasteiger partial charge in [-0.2, -0.15) is 0 Å². The quantitative estimate of drug-likeness (QED) is 0.319. The molecule has 1 atom stereocenters. The van der Waals surface area contributed by atoms with Gasteiger partial charge in [0.25, 0.3) is 5.91 Å². The lowest BCUT2D eigenvalue weighted by atomic mass is 9.94. The number of carbonyl (C=O) groups is 1. The summed E-state index contributed by atoms with van der Waals surface area (Å²) in [6.45, 7) is 6.93. The number of hydrazine groups is 1. The minimum atomic E-state index is -0.344. The van der Waals surface area contributed by atoms with Gasteiger partial charge in [0.1, 0.15) is 0 Å². The van der Waals surface area contributed by atoms with Crippen LogP contribution >= 0.6 is 0 Å². The summed E-state index contributed by atoms with van der Waals surface area (Å²) in [5, 5.41) is 3.92. The molecule has 0 saturated carbocycles. The van der Waals surface area contributed by atoms with Crippen molar-refractivity contribution >= 4 is 23.1 Å². The summed E-state index contributed by atoms with van der Waals surface area (Å²) in [4.78, 5) is 21.9. The van der Waals surface area contributed by atoms with Gasteiger partial charge < -0.3 is 4.90 Å². The van der Waals surface area contributed by atoms with Crippen LogP contribution in [0.3, 0.4) is 0 Å². The predicted molar refractivity (Wildman–Crippen MR) is 150 cm³/mol. The highest BCUT2D eigenvalue weighted by Crippen LogP contribution is 2.46. The molecule has 1 amide bonds. The summed E-state index contributed by atoms with van der Waals surface area (Å²) < 4.78 is 0. The first kappa shape index (κ1) is 23.0. The Balaban J connectivity index is 1.65. The molecule has 0 aromatic heterocycles. The van der Waals surface area contributed by atoms with Crippen molar-refractivity contribution in [1.82, 2.24) is 5.01 Å². The van der Waals surface area contributed by atoms with E-state index >= 15 is 0 Å². The van der Waals surface area contributed by atoms with Crippen LogP contribution in [0.4, 0.5) is 11.4 Å². The van der Waals surface area contributed by atoms with E-state index in [9.17, 15) is 4.79 Å². The summed E-state index contributed by atoms with van der Waals surface area (Å²) in [6, 6.07) is 36.8. The van der Waals surface area contributed by atoms with Gasteiger partial charge in [0.2, 0.25) is 0 Å². The molecule has 2 heterocycles. The second-order valence-corrected chi connectivity index (χ2v) is 10.5. The van der Waals surface area contributed by atoms with E-state index in [4.69, 9.17) is 4.99 Å². The zero-order chi connectivity index (χ0) is 25.6. The number of aliphatic imine (C=N–C) groups is 1. The van der Waals surface area contributed by atoms with Gasteiger partial charge in [-0.25, -0.2) is 10.0 Å². The molecular weight excluding hydrogens is 456 g/mol. The summed E-state index contributed by atoms with van der Waals surface area (Å²) in [5.41, 5.74) is 5.47. The minimum Gasteiger partial charge on any atom is -0.341 e. The van der Waals surface area contributed by atoms with Gasteiger partial charge in [-0.15, -0.1) is 0 Å². The number of nitrogens with zero attached hydrogens (tertiary/aromatic N) is 4. The fraction of sp³-hybridized carbons (Fsp3) is 0.188. The van der Waals surface area contributed by atoms with Gasteiger partial charge >= 0.3 is 0 Å². The largest absolute Gasteiger partial charge is 0.341 e. The molecule has 2 aliphatic rings. The monoisotopic (exact) mass is 486 g/mol. The Labute approximate surface area is 218 Å². The Morgan fingerprint density at radius 1 is 0.730 bits per heavy atom. The third-order valence-corrected chi connectivity index (χ3v) is 6.71. The molecule has 0 aliphatic carbocycles. The molecule has 0 N–H and O–H groups in total. The van der Waals surface area contributed by atoms with Gasteiger partial charge in [-0.05, 0) is 50.6 Å². The molecule has 6 rings (SSSR count). The highest BCUT2D eigenvalue weighted by molar-refractivity contribution is 6.16. The lowest BCUT2D eigenvalue weighted by molar-refractivity contribution is 0.0644. The lowest BCUT2D eigenvalue weighted by Crippen LogP contribution is -2.62. The number of rotatable bonds is 3. The summed E-state index contributed by atoms with van der Waals surface area (Å²) in [7, 11) is 0. The standard InChI is InChI=1S/C32H30N4O/c1-32(2,3)33-29-25-18-10-11-19-26(25)30-34(22-23-14-6-4-7-15-23)28-21-13-12-20-27(28)31(37)36(30)35(29)24-16-8-5-9-17-24/h4-21,30H,22H2,1-3H3. The van der Waals surface area contributed by atoms with Crippen molar-refractivity contribution < 1.29 is 4.79 Å². The number of carbonyl (C=O) groups excluding carboxylic acids is 1. The summed E-state index contributed by atoms with van der Waals surface area (Å²) in [5.74, 6) is 0.739. The molecule has 4 aromatic carbocycles. The summed E-state index contributed by atoms with van der Waals surface area (Å²) in [6.07, 6.45) is -0.335. The Morgan fingerprint density at radius 2 is 1.32 bits per heavy atom. The van der Waals surface area contributed by atoms with Gasteiger partial charge in [0.05, 0.1) is 22.5 Å². The Kier molecular flexibility index (Phi) is 5.56. The van der Waals surface area contributed by atoms with E-state index in [2.05, 4.69) is 80.3 Å². The molecule has 2 aliphatic heterocycles. The van der Waals surface area contributed by atoms with Crippen LogP contribution in [0.15, 0.2) is 114 Å². The Hall–Kier alpha value is -4.38. The maximum absolute atomic E-state index is 14.4. The fourth-order valence-corrected chi connectivity index (χ4v) is 5.24. The van der Waals surface area contributed by atoms with Crippen molar-refractivity contribution in [1.29, 1.82) is 0 Å². The second kappa shape index (κ2) is 8.93. The van der Waals surface area contributed by atoms with Crippen LogP contribution in [0, 0.1) is 0 Å². The third-order valence-electron chi connectivity index (χ3n) is 6.71. The Bertz CT molecular complexity index is 1470. The molecule has 5 nitrogen and oxygen atoms in total. The zero-order valence-corrected chi connectivity index (χ0v) is 21.4. The summed E-state index contributed by atoms with van der Waals surface area (Å²) >= 11 is 0. The molecule has 5 heteroatoms.